The molecule has 3 N–H and O–H groups in total. The van der Waals surface area contributed by atoms with E-state index < -0.39 is 5.60 Å². The van der Waals surface area contributed by atoms with Crippen LogP contribution >= 0.6 is 0 Å². The lowest BCUT2D eigenvalue weighted by Gasteiger charge is -2.30. The molecule has 2 aromatic rings. The second-order valence-electron chi connectivity index (χ2n) is 5.53. The van der Waals surface area contributed by atoms with Crippen LogP contribution in [-0.2, 0) is 12.2 Å². The lowest BCUT2D eigenvalue weighted by molar-refractivity contribution is 0.0779. The second kappa shape index (κ2) is 6.39. The zero-order valence-corrected chi connectivity index (χ0v) is 12.6. The Kier molecular flexibility index (Phi) is 4.30. The second-order valence-corrected chi connectivity index (χ2v) is 5.53. The van der Waals surface area contributed by atoms with Crippen molar-refractivity contribution in [3.8, 4) is 11.8 Å². The van der Waals surface area contributed by atoms with Gasteiger partial charge in [-0.15, -0.1) is 0 Å². The highest BCUT2D eigenvalue weighted by atomic mass is 16.5. The van der Waals surface area contributed by atoms with E-state index in [2.05, 4.69) is 11.4 Å². The van der Waals surface area contributed by atoms with Gasteiger partial charge in [0.1, 0.15) is 18.0 Å². The van der Waals surface area contributed by atoms with Crippen LogP contribution < -0.4 is 10.1 Å². The van der Waals surface area contributed by atoms with Crippen LogP contribution in [-0.4, -0.2) is 29.9 Å². The molecule has 3 rings (SSSR count). The summed E-state index contributed by atoms with van der Waals surface area (Å²) in [6.07, 6.45) is 0. The number of hydrogen-bond acceptors (Lipinski definition) is 5. The first kappa shape index (κ1) is 15.5. The predicted octanol–water partition coefficient (Wildman–Crippen LogP) is 1.27. The first-order valence-corrected chi connectivity index (χ1v) is 7.49. The Morgan fingerprint density at radius 3 is 2.83 bits per heavy atom. The number of nitrogens with one attached hydrogen (secondary N) is 1. The third-order valence-corrected chi connectivity index (χ3v) is 4.07. The minimum absolute atomic E-state index is 0.00550. The van der Waals surface area contributed by atoms with E-state index >= 15 is 0 Å². The van der Waals surface area contributed by atoms with Crippen molar-refractivity contribution < 1.29 is 14.9 Å². The quantitative estimate of drug-likeness (QED) is 0.741. The van der Waals surface area contributed by atoms with Crippen LogP contribution in [0.15, 0.2) is 42.5 Å². The van der Waals surface area contributed by atoms with E-state index in [1.807, 2.05) is 24.3 Å². The molecule has 23 heavy (non-hydrogen) atoms. The summed E-state index contributed by atoms with van der Waals surface area (Å²) in [7, 11) is 0. The van der Waals surface area contributed by atoms with Gasteiger partial charge in [-0.05, 0) is 29.3 Å². The van der Waals surface area contributed by atoms with Crippen molar-refractivity contribution in [2.75, 3.05) is 19.7 Å². The zero-order chi connectivity index (χ0) is 16.3. The fraction of sp³-hybridized carbons (Fsp3) is 0.278. The highest BCUT2D eigenvalue weighted by Gasteiger charge is 2.38. The molecule has 5 nitrogen and oxygen atoms in total. The number of aliphatic hydroxyl groups excluding tert-OH is 1. The van der Waals surface area contributed by atoms with Crippen molar-refractivity contribution >= 4 is 0 Å². The minimum atomic E-state index is -1.29. The molecule has 1 aliphatic rings. The fourth-order valence-electron chi connectivity index (χ4n) is 2.96. The van der Waals surface area contributed by atoms with E-state index in [0.717, 1.165) is 5.56 Å². The molecule has 2 aromatic carbocycles. The molecule has 118 valence electrons. The smallest absolute Gasteiger partial charge is 0.131 e. The lowest BCUT2D eigenvalue weighted by Crippen LogP contribution is -2.40. The number of nitrogens with zero attached hydrogens (tertiary/aromatic N) is 1. The van der Waals surface area contributed by atoms with Crippen LogP contribution in [0, 0.1) is 11.3 Å². The summed E-state index contributed by atoms with van der Waals surface area (Å²) in [6, 6.07) is 14.7. The molecule has 0 bridgehead atoms. The van der Waals surface area contributed by atoms with Gasteiger partial charge in [0, 0.05) is 18.7 Å². The average Bonchev–Trinajstić information content (AvgIpc) is 2.71. The van der Waals surface area contributed by atoms with E-state index in [9.17, 15) is 5.11 Å². The van der Waals surface area contributed by atoms with Crippen LogP contribution in [0.4, 0.5) is 0 Å². The van der Waals surface area contributed by atoms with E-state index in [0.29, 0.717) is 35.6 Å². The van der Waals surface area contributed by atoms with E-state index in [1.54, 1.807) is 18.2 Å². The molecule has 1 unspecified atom stereocenters. The number of nitriles is 1. The van der Waals surface area contributed by atoms with Crippen molar-refractivity contribution in [1.82, 2.24) is 5.32 Å². The monoisotopic (exact) mass is 310 g/mol. The first-order chi connectivity index (χ1) is 11.2. The SMILES string of the molecule is N#Cc1ccc2c(c1)COc1ccccc1C2(O)CNCCO. The zero-order valence-electron chi connectivity index (χ0n) is 12.6. The van der Waals surface area contributed by atoms with Crippen LogP contribution in [0.3, 0.4) is 0 Å². The van der Waals surface area contributed by atoms with Crippen LogP contribution in [0.5, 0.6) is 5.75 Å². The van der Waals surface area contributed by atoms with E-state index in [-0.39, 0.29) is 13.2 Å². The molecular weight excluding hydrogens is 292 g/mol. The largest absolute Gasteiger partial charge is 0.488 e. The van der Waals surface area contributed by atoms with E-state index in [4.69, 9.17) is 15.1 Å². The van der Waals surface area contributed by atoms with Crippen molar-refractivity contribution in [3.05, 3.63) is 64.7 Å². The summed E-state index contributed by atoms with van der Waals surface area (Å²) in [6.45, 7) is 0.919. The molecular formula is C18H18N2O3. The number of ether oxygens (including phenoxy) is 1. The fourth-order valence-corrected chi connectivity index (χ4v) is 2.96. The number of benzene rings is 2. The van der Waals surface area contributed by atoms with Crippen LogP contribution in [0.25, 0.3) is 0 Å². The third-order valence-electron chi connectivity index (χ3n) is 4.07. The number of hydrogen-bond donors (Lipinski definition) is 3. The number of fused-ring (bicyclic) bond motifs is 2. The Morgan fingerprint density at radius 2 is 2.04 bits per heavy atom. The Bertz CT molecular complexity index is 754. The molecule has 5 heteroatoms. The average molecular weight is 310 g/mol. The van der Waals surface area contributed by atoms with Crippen molar-refractivity contribution in [2.45, 2.75) is 12.2 Å². The maximum absolute atomic E-state index is 11.4. The third kappa shape index (κ3) is 2.80. The number of rotatable bonds is 4. The Morgan fingerprint density at radius 1 is 1.22 bits per heavy atom. The van der Waals surface area contributed by atoms with Gasteiger partial charge in [-0.2, -0.15) is 5.26 Å². The standard InChI is InChI=1S/C18H18N2O3/c19-10-13-5-6-15-14(9-13)11-23-17-4-2-1-3-16(17)18(15,22)12-20-7-8-21/h1-6,9,20-22H,7-8,11-12H2. The minimum Gasteiger partial charge on any atom is -0.488 e. The summed E-state index contributed by atoms with van der Waals surface area (Å²) in [4.78, 5) is 0. The maximum Gasteiger partial charge on any atom is 0.131 e. The maximum atomic E-state index is 11.4. The van der Waals surface area contributed by atoms with Crippen LogP contribution in [0.2, 0.25) is 0 Å². The van der Waals surface area contributed by atoms with Gasteiger partial charge in [-0.3, -0.25) is 0 Å². The summed E-state index contributed by atoms with van der Waals surface area (Å²) in [5.41, 5.74) is 1.42. The van der Waals surface area contributed by atoms with Crippen molar-refractivity contribution in [3.63, 3.8) is 0 Å². The highest BCUT2D eigenvalue weighted by Crippen LogP contribution is 2.40. The van der Waals surface area contributed by atoms with Crippen molar-refractivity contribution in [1.29, 1.82) is 5.26 Å². The molecule has 0 saturated heterocycles. The normalized spacial score (nSPS) is 19.0. The van der Waals surface area contributed by atoms with Gasteiger partial charge in [0.25, 0.3) is 0 Å². The summed E-state index contributed by atoms with van der Waals surface area (Å²) in [5.74, 6) is 0.621. The molecule has 0 aromatic heterocycles. The Balaban J connectivity index is 2.13. The number of aliphatic hydroxyl groups is 2. The molecule has 1 atom stereocenters. The predicted molar refractivity (Wildman–Crippen MR) is 84.9 cm³/mol. The topological polar surface area (TPSA) is 85.5 Å². The Labute approximate surface area is 134 Å². The Hall–Kier alpha value is -2.39. The summed E-state index contributed by atoms with van der Waals surface area (Å²) in [5, 5.41) is 32.6. The van der Waals surface area contributed by atoms with Gasteiger partial charge in [-0.1, -0.05) is 24.3 Å². The molecule has 1 aliphatic heterocycles. The molecule has 0 saturated carbocycles. The molecule has 0 fully saturated rings. The first-order valence-electron chi connectivity index (χ1n) is 7.49. The molecule has 0 spiro atoms. The van der Waals surface area contributed by atoms with Gasteiger partial charge >= 0.3 is 0 Å². The van der Waals surface area contributed by atoms with Crippen LogP contribution in [0.1, 0.15) is 22.3 Å². The summed E-state index contributed by atoms with van der Waals surface area (Å²) < 4.78 is 5.83. The van der Waals surface area contributed by atoms with Gasteiger partial charge in [0.05, 0.1) is 18.2 Å². The molecule has 0 aliphatic carbocycles. The van der Waals surface area contributed by atoms with Gasteiger partial charge in [-0.25, -0.2) is 0 Å². The number of para-hydroxylation sites is 1. The van der Waals surface area contributed by atoms with Gasteiger partial charge < -0.3 is 20.3 Å². The summed E-state index contributed by atoms with van der Waals surface area (Å²) >= 11 is 0. The van der Waals surface area contributed by atoms with Gasteiger partial charge in [0.2, 0.25) is 0 Å². The van der Waals surface area contributed by atoms with E-state index in [1.165, 1.54) is 0 Å². The molecule has 1 heterocycles. The van der Waals surface area contributed by atoms with Gasteiger partial charge in [0.15, 0.2) is 0 Å². The molecule has 0 radical (unpaired) electrons. The molecule has 0 amide bonds. The highest BCUT2D eigenvalue weighted by molar-refractivity contribution is 5.51. The lowest BCUT2D eigenvalue weighted by atomic mass is 9.83. The van der Waals surface area contributed by atoms with Crippen molar-refractivity contribution in [2.24, 2.45) is 0 Å².